The third-order valence-corrected chi connectivity index (χ3v) is 7.68. The number of carbonyl (C=O) groups excluding carboxylic acids is 2. The predicted octanol–water partition coefficient (Wildman–Crippen LogP) is 5.65. The van der Waals surface area contributed by atoms with Crippen molar-refractivity contribution in [2.45, 2.75) is 38.5 Å². The van der Waals surface area contributed by atoms with E-state index in [1.165, 1.54) is 11.0 Å². The number of para-hydroxylation sites is 1. The largest absolute Gasteiger partial charge is 0.450 e. The first-order chi connectivity index (χ1) is 19.2. The number of ether oxygens (including phenoxy) is 1. The summed E-state index contributed by atoms with van der Waals surface area (Å²) in [5.41, 5.74) is -0.500. The molecule has 2 aliphatic heterocycles. The highest BCUT2D eigenvalue weighted by Gasteiger charge is 2.64. The number of fused-ring (bicyclic) bond motifs is 5. The van der Waals surface area contributed by atoms with Crippen molar-refractivity contribution in [3.8, 4) is 0 Å². The second-order valence-electron chi connectivity index (χ2n) is 10.3. The van der Waals surface area contributed by atoms with Gasteiger partial charge in [-0.1, -0.05) is 41.9 Å². The van der Waals surface area contributed by atoms with Crippen LogP contribution in [0, 0.1) is 5.82 Å². The van der Waals surface area contributed by atoms with Crippen molar-refractivity contribution >= 4 is 40.1 Å². The fourth-order valence-electron chi connectivity index (χ4n) is 5.73. The minimum absolute atomic E-state index is 0.00687. The van der Waals surface area contributed by atoms with Gasteiger partial charge in [-0.15, -0.1) is 0 Å². The molecule has 0 saturated heterocycles. The van der Waals surface area contributed by atoms with Crippen LogP contribution in [0.4, 0.5) is 10.1 Å². The Kier molecular flexibility index (Phi) is 6.47. The van der Waals surface area contributed by atoms with Gasteiger partial charge in [0, 0.05) is 23.7 Å². The monoisotopic (exact) mass is 560 g/mol. The summed E-state index contributed by atoms with van der Waals surface area (Å²) >= 11 is 6.08. The molecule has 1 aromatic heterocycles. The van der Waals surface area contributed by atoms with Gasteiger partial charge < -0.3 is 19.0 Å². The average Bonchev–Trinajstić information content (AvgIpc) is 3.32. The van der Waals surface area contributed by atoms with Crippen LogP contribution in [-0.2, 0) is 21.6 Å². The molecule has 2 amide bonds. The lowest BCUT2D eigenvalue weighted by atomic mass is 9.84. The van der Waals surface area contributed by atoms with E-state index in [0.29, 0.717) is 29.3 Å². The molecule has 6 rings (SSSR count). The Morgan fingerprint density at radius 2 is 1.77 bits per heavy atom. The lowest BCUT2D eigenvalue weighted by Crippen LogP contribution is -2.53. The van der Waals surface area contributed by atoms with E-state index in [1.807, 2.05) is 26.0 Å². The van der Waals surface area contributed by atoms with Crippen LogP contribution in [0.5, 0.6) is 0 Å². The standard InChI is InChI=1S/C31H26ClFN2O5/c1-18(2)39-15-5-14-35-29(37)28-26(27(36)22-16-21(33)12-13-25(22)40-28)31(35)23-6-3-4-7-24(23)34(30(31)38)17-19-8-10-20(32)11-9-19/h3-4,6-13,16,18H,5,14-15,17H2,1-2H3. The predicted molar refractivity (Wildman–Crippen MR) is 149 cm³/mol. The molecule has 9 heteroatoms. The van der Waals surface area contributed by atoms with E-state index in [-0.39, 0.29) is 41.5 Å². The summed E-state index contributed by atoms with van der Waals surface area (Å²) in [6, 6.07) is 17.8. The highest BCUT2D eigenvalue weighted by atomic mass is 35.5. The minimum Gasteiger partial charge on any atom is -0.450 e. The Balaban J connectivity index is 1.57. The summed E-state index contributed by atoms with van der Waals surface area (Å²) in [4.78, 5) is 45.8. The first-order valence-electron chi connectivity index (χ1n) is 13.1. The van der Waals surface area contributed by atoms with Crippen molar-refractivity contribution in [3.63, 3.8) is 0 Å². The molecule has 204 valence electrons. The van der Waals surface area contributed by atoms with Crippen LogP contribution in [0.2, 0.25) is 5.02 Å². The topological polar surface area (TPSA) is 80.1 Å². The number of benzene rings is 3. The highest BCUT2D eigenvalue weighted by Crippen LogP contribution is 2.53. The van der Waals surface area contributed by atoms with Gasteiger partial charge in [0.2, 0.25) is 5.76 Å². The zero-order valence-corrected chi connectivity index (χ0v) is 22.7. The molecule has 0 saturated carbocycles. The minimum atomic E-state index is -1.77. The molecule has 0 N–H and O–H groups in total. The number of nitrogens with zero attached hydrogens (tertiary/aromatic N) is 2. The molecule has 1 spiro atoms. The van der Waals surface area contributed by atoms with Crippen LogP contribution in [0.25, 0.3) is 11.0 Å². The van der Waals surface area contributed by atoms with E-state index in [9.17, 15) is 18.8 Å². The molecule has 2 aliphatic rings. The molecule has 1 unspecified atom stereocenters. The molecule has 7 nitrogen and oxygen atoms in total. The number of anilines is 1. The zero-order valence-electron chi connectivity index (χ0n) is 21.9. The smallest absolute Gasteiger partial charge is 0.291 e. The first kappa shape index (κ1) is 26.2. The number of hydrogen-bond acceptors (Lipinski definition) is 5. The third kappa shape index (κ3) is 3.93. The van der Waals surface area contributed by atoms with Gasteiger partial charge in [0.15, 0.2) is 11.0 Å². The van der Waals surface area contributed by atoms with Crippen molar-refractivity contribution in [3.05, 3.63) is 110 Å². The van der Waals surface area contributed by atoms with Crippen LogP contribution in [0.3, 0.4) is 0 Å². The number of rotatable bonds is 7. The van der Waals surface area contributed by atoms with Crippen molar-refractivity contribution in [1.29, 1.82) is 0 Å². The van der Waals surface area contributed by atoms with Gasteiger partial charge in [-0.25, -0.2) is 4.39 Å². The molecule has 1 atom stereocenters. The molecule has 3 heterocycles. The lowest BCUT2D eigenvalue weighted by Gasteiger charge is -2.34. The van der Waals surface area contributed by atoms with Crippen molar-refractivity contribution in [2.24, 2.45) is 0 Å². The first-order valence-corrected chi connectivity index (χ1v) is 13.5. The summed E-state index contributed by atoms with van der Waals surface area (Å²) in [6.07, 6.45) is 0.418. The normalized spacial score (nSPS) is 17.9. The third-order valence-electron chi connectivity index (χ3n) is 7.43. The van der Waals surface area contributed by atoms with Gasteiger partial charge in [-0.3, -0.25) is 14.4 Å². The van der Waals surface area contributed by atoms with Crippen molar-refractivity contribution in [1.82, 2.24) is 4.90 Å². The fourth-order valence-corrected chi connectivity index (χ4v) is 5.86. The molecule has 40 heavy (non-hydrogen) atoms. The van der Waals surface area contributed by atoms with E-state index < -0.39 is 28.6 Å². The van der Waals surface area contributed by atoms with Crippen LogP contribution < -0.4 is 10.3 Å². The molecule has 0 fully saturated rings. The van der Waals surface area contributed by atoms with Crippen LogP contribution >= 0.6 is 11.6 Å². The Hall–Kier alpha value is -4.01. The molecular weight excluding hydrogens is 535 g/mol. The van der Waals surface area contributed by atoms with Crippen LogP contribution in [-0.4, -0.2) is 36.0 Å². The Morgan fingerprint density at radius 1 is 1.02 bits per heavy atom. The number of hydrogen-bond donors (Lipinski definition) is 0. The number of amides is 2. The summed E-state index contributed by atoms with van der Waals surface area (Å²) < 4.78 is 25.9. The van der Waals surface area contributed by atoms with Crippen molar-refractivity contribution < 1.29 is 23.1 Å². The molecular formula is C31H26ClFN2O5. The molecule has 0 aliphatic carbocycles. The average molecular weight is 561 g/mol. The Morgan fingerprint density at radius 3 is 2.52 bits per heavy atom. The summed E-state index contributed by atoms with van der Waals surface area (Å²) in [7, 11) is 0. The molecule has 0 radical (unpaired) electrons. The van der Waals surface area contributed by atoms with E-state index in [4.69, 9.17) is 20.8 Å². The summed E-state index contributed by atoms with van der Waals surface area (Å²) in [5, 5.41) is 0.535. The Labute approximate surface area is 234 Å². The van der Waals surface area contributed by atoms with E-state index >= 15 is 0 Å². The van der Waals surface area contributed by atoms with Crippen molar-refractivity contribution in [2.75, 3.05) is 18.1 Å². The van der Waals surface area contributed by atoms with E-state index in [2.05, 4.69) is 0 Å². The SMILES string of the molecule is CC(C)OCCCN1C(=O)c2oc3ccc(F)cc3c(=O)c2C12C(=O)N(Cc1ccc(Cl)cc1)c1ccccc12. The molecule has 3 aromatic carbocycles. The molecule has 0 bridgehead atoms. The van der Waals surface area contributed by atoms with Gasteiger partial charge in [0.1, 0.15) is 11.4 Å². The van der Waals surface area contributed by atoms with Gasteiger partial charge in [-0.2, -0.15) is 0 Å². The molecule has 4 aromatic rings. The van der Waals surface area contributed by atoms with Crippen LogP contribution in [0.1, 0.15) is 47.5 Å². The maximum Gasteiger partial charge on any atom is 0.291 e. The Bertz CT molecular complexity index is 1720. The fraction of sp³-hybridized carbons (Fsp3) is 0.258. The number of carbonyl (C=O) groups is 2. The second-order valence-corrected chi connectivity index (χ2v) is 10.7. The second kappa shape index (κ2) is 9.87. The maximum atomic E-state index is 14.7. The van der Waals surface area contributed by atoms with E-state index in [0.717, 1.165) is 17.7 Å². The van der Waals surface area contributed by atoms with Crippen LogP contribution in [0.15, 0.2) is 75.9 Å². The zero-order chi connectivity index (χ0) is 28.2. The quantitative estimate of drug-likeness (QED) is 0.273. The highest BCUT2D eigenvalue weighted by molar-refractivity contribution is 6.30. The number of halogens is 2. The van der Waals surface area contributed by atoms with Gasteiger partial charge in [-0.05, 0) is 62.2 Å². The maximum absolute atomic E-state index is 14.7. The van der Waals surface area contributed by atoms with E-state index in [1.54, 1.807) is 41.3 Å². The van der Waals surface area contributed by atoms with Gasteiger partial charge >= 0.3 is 0 Å². The van der Waals surface area contributed by atoms with Gasteiger partial charge in [0.25, 0.3) is 11.8 Å². The van der Waals surface area contributed by atoms with Gasteiger partial charge in [0.05, 0.1) is 29.3 Å². The summed E-state index contributed by atoms with van der Waals surface area (Å²) in [6.45, 7) is 4.51. The lowest BCUT2D eigenvalue weighted by molar-refractivity contribution is -0.126. The summed E-state index contributed by atoms with van der Waals surface area (Å²) in [5.74, 6) is -1.85.